The number of aryl methyl sites for hydroxylation is 1. The quantitative estimate of drug-likeness (QED) is 0.675. The monoisotopic (exact) mass is 451 g/mol. The number of nitrogens with one attached hydrogen (secondary N) is 1. The molecule has 2 aromatic rings. The summed E-state index contributed by atoms with van der Waals surface area (Å²) in [6.07, 6.45) is 2.04. The van der Waals surface area contributed by atoms with Crippen LogP contribution < -0.4 is 14.8 Å². The third kappa shape index (κ3) is 5.23. The van der Waals surface area contributed by atoms with Crippen molar-refractivity contribution in [2.75, 3.05) is 32.1 Å². The molecule has 1 aliphatic heterocycles. The van der Waals surface area contributed by atoms with Crippen LogP contribution in [0.5, 0.6) is 11.5 Å². The Morgan fingerprint density at radius 3 is 2.67 bits per heavy atom. The first kappa shape index (κ1) is 22.4. The smallest absolute Gasteiger partial charge is 0.254 e. The van der Waals surface area contributed by atoms with E-state index in [0.29, 0.717) is 59.8 Å². The fourth-order valence-electron chi connectivity index (χ4n) is 3.33. The highest BCUT2D eigenvalue weighted by Gasteiger charge is 2.29. The number of ether oxygens (including phenoxy) is 2. The number of amides is 2. The van der Waals surface area contributed by atoms with E-state index in [1.165, 1.54) is 18.4 Å². The molecular formula is C21H26ClN3O4S. The molecule has 1 aliphatic rings. The summed E-state index contributed by atoms with van der Waals surface area (Å²) < 4.78 is 11.0. The van der Waals surface area contributed by atoms with Gasteiger partial charge in [0.25, 0.3) is 5.91 Å². The number of benzene rings is 1. The summed E-state index contributed by atoms with van der Waals surface area (Å²) >= 11 is 7.76. The van der Waals surface area contributed by atoms with E-state index in [9.17, 15) is 9.59 Å². The number of likely N-dealkylation sites (tertiary alicyclic amines) is 1. The van der Waals surface area contributed by atoms with Crippen molar-refractivity contribution < 1.29 is 19.1 Å². The van der Waals surface area contributed by atoms with Crippen molar-refractivity contribution in [2.24, 2.45) is 5.92 Å². The molecule has 1 aromatic heterocycles. The molecule has 0 aliphatic carbocycles. The normalized spacial score (nSPS) is 14.5. The molecule has 2 amide bonds. The van der Waals surface area contributed by atoms with E-state index >= 15 is 0 Å². The summed E-state index contributed by atoms with van der Waals surface area (Å²) in [6, 6.07) is 3.27. The predicted molar refractivity (Wildman–Crippen MR) is 118 cm³/mol. The van der Waals surface area contributed by atoms with Gasteiger partial charge < -0.3 is 19.7 Å². The van der Waals surface area contributed by atoms with Gasteiger partial charge in [-0.1, -0.05) is 18.5 Å². The molecule has 7 nitrogen and oxygen atoms in total. The lowest BCUT2D eigenvalue weighted by atomic mass is 9.95. The molecule has 2 heterocycles. The lowest BCUT2D eigenvalue weighted by Gasteiger charge is -2.31. The van der Waals surface area contributed by atoms with Crippen molar-refractivity contribution in [1.82, 2.24) is 9.88 Å². The number of nitrogens with zero attached hydrogens (tertiary/aromatic N) is 2. The maximum atomic E-state index is 13.0. The largest absolute Gasteiger partial charge is 0.493 e. The molecule has 0 spiro atoms. The number of thiazole rings is 1. The van der Waals surface area contributed by atoms with Gasteiger partial charge in [0.2, 0.25) is 5.91 Å². The number of anilines is 1. The van der Waals surface area contributed by atoms with Crippen LogP contribution in [0.4, 0.5) is 5.13 Å². The fourth-order valence-corrected chi connectivity index (χ4v) is 4.29. The van der Waals surface area contributed by atoms with Crippen LogP contribution in [0.1, 0.15) is 42.2 Å². The molecule has 162 valence electrons. The number of hydrogen-bond donors (Lipinski definition) is 1. The summed E-state index contributed by atoms with van der Waals surface area (Å²) in [5.41, 5.74) is 1.33. The number of methoxy groups -OCH3 is 1. The summed E-state index contributed by atoms with van der Waals surface area (Å²) in [5, 5.41) is 5.73. The summed E-state index contributed by atoms with van der Waals surface area (Å²) in [7, 11) is 1.52. The van der Waals surface area contributed by atoms with Crippen LogP contribution >= 0.6 is 22.9 Å². The zero-order valence-electron chi connectivity index (χ0n) is 17.4. The van der Waals surface area contributed by atoms with Crippen LogP contribution in [0.2, 0.25) is 5.02 Å². The Morgan fingerprint density at radius 1 is 1.33 bits per heavy atom. The molecule has 0 atom stereocenters. The Labute approximate surface area is 185 Å². The van der Waals surface area contributed by atoms with Gasteiger partial charge in [0.15, 0.2) is 16.6 Å². The molecule has 1 fully saturated rings. The van der Waals surface area contributed by atoms with Crippen LogP contribution in [0.15, 0.2) is 17.5 Å². The van der Waals surface area contributed by atoms with Gasteiger partial charge in [0, 0.05) is 30.0 Å². The number of hydrogen-bond acceptors (Lipinski definition) is 6. The average molecular weight is 452 g/mol. The summed E-state index contributed by atoms with van der Waals surface area (Å²) in [5.74, 6) is 0.573. The maximum Gasteiger partial charge on any atom is 0.254 e. The van der Waals surface area contributed by atoms with Gasteiger partial charge >= 0.3 is 0 Å². The maximum absolute atomic E-state index is 13.0. The summed E-state index contributed by atoms with van der Waals surface area (Å²) in [6.45, 7) is 5.41. The van der Waals surface area contributed by atoms with Gasteiger partial charge in [-0.15, -0.1) is 11.3 Å². The minimum atomic E-state index is -0.138. The van der Waals surface area contributed by atoms with Crippen molar-refractivity contribution >= 4 is 39.9 Å². The minimum Gasteiger partial charge on any atom is -0.493 e. The Bertz CT molecular complexity index is 910. The first-order chi connectivity index (χ1) is 14.4. The highest BCUT2D eigenvalue weighted by molar-refractivity contribution is 7.13. The van der Waals surface area contributed by atoms with E-state index in [4.69, 9.17) is 21.1 Å². The van der Waals surface area contributed by atoms with Gasteiger partial charge in [-0.2, -0.15) is 0 Å². The van der Waals surface area contributed by atoms with Crippen LogP contribution in [0.25, 0.3) is 0 Å². The number of halogens is 1. The van der Waals surface area contributed by atoms with Gasteiger partial charge in [0.05, 0.1) is 24.4 Å². The molecule has 0 radical (unpaired) electrons. The highest BCUT2D eigenvalue weighted by atomic mass is 35.5. The first-order valence-electron chi connectivity index (χ1n) is 9.95. The molecule has 1 N–H and O–H groups in total. The molecule has 1 saturated heterocycles. The Hall–Kier alpha value is -2.32. The van der Waals surface area contributed by atoms with Gasteiger partial charge in [-0.05, 0) is 38.3 Å². The number of aromatic nitrogens is 1. The van der Waals surface area contributed by atoms with Crippen molar-refractivity contribution in [3.05, 3.63) is 33.8 Å². The van der Waals surface area contributed by atoms with Crippen LogP contribution in [-0.4, -0.2) is 48.5 Å². The highest BCUT2D eigenvalue weighted by Crippen LogP contribution is 2.37. The second kappa shape index (κ2) is 10.1. The molecule has 9 heteroatoms. The third-order valence-electron chi connectivity index (χ3n) is 4.93. The van der Waals surface area contributed by atoms with E-state index in [-0.39, 0.29) is 17.7 Å². The molecule has 1 aromatic carbocycles. The summed E-state index contributed by atoms with van der Waals surface area (Å²) in [4.78, 5) is 31.5. The van der Waals surface area contributed by atoms with Crippen molar-refractivity contribution in [2.45, 2.75) is 33.1 Å². The molecule has 30 heavy (non-hydrogen) atoms. The van der Waals surface area contributed by atoms with Crippen LogP contribution in [0, 0.1) is 12.8 Å². The van der Waals surface area contributed by atoms with Crippen LogP contribution in [-0.2, 0) is 4.79 Å². The van der Waals surface area contributed by atoms with E-state index in [0.717, 1.165) is 12.1 Å². The molecular weight excluding hydrogens is 426 g/mol. The lowest BCUT2D eigenvalue weighted by molar-refractivity contribution is -0.121. The number of rotatable bonds is 7. The zero-order valence-corrected chi connectivity index (χ0v) is 18.9. The molecule has 0 bridgehead atoms. The number of carbonyl (C=O) groups excluding carboxylic acids is 2. The average Bonchev–Trinajstić information content (AvgIpc) is 3.16. The third-order valence-corrected chi connectivity index (χ3v) is 6.09. The number of piperidine rings is 1. The fraction of sp³-hybridized carbons (Fsp3) is 0.476. The van der Waals surface area contributed by atoms with Gasteiger partial charge in [-0.3, -0.25) is 9.59 Å². The van der Waals surface area contributed by atoms with E-state index in [1.807, 2.05) is 19.2 Å². The van der Waals surface area contributed by atoms with E-state index in [2.05, 4.69) is 10.3 Å². The zero-order chi connectivity index (χ0) is 21.7. The molecule has 0 unspecified atom stereocenters. The minimum absolute atomic E-state index is 0.0430. The number of carbonyl (C=O) groups is 2. The SMILES string of the molecule is CCCOc1c(Cl)cc(C(=O)N2CCC(C(=O)Nc3nc(C)cs3)CC2)cc1OC. The van der Waals surface area contributed by atoms with Gasteiger partial charge in [-0.25, -0.2) is 4.98 Å². The molecule has 3 rings (SSSR count). The van der Waals surface area contributed by atoms with Gasteiger partial charge in [0.1, 0.15) is 0 Å². The first-order valence-corrected chi connectivity index (χ1v) is 11.2. The second-order valence-corrected chi connectivity index (χ2v) is 8.45. The lowest BCUT2D eigenvalue weighted by Crippen LogP contribution is -2.41. The Morgan fingerprint density at radius 2 is 2.07 bits per heavy atom. The Balaban J connectivity index is 1.62. The van der Waals surface area contributed by atoms with Crippen molar-refractivity contribution in [1.29, 1.82) is 0 Å². The van der Waals surface area contributed by atoms with Crippen molar-refractivity contribution in [3.63, 3.8) is 0 Å². The van der Waals surface area contributed by atoms with Crippen molar-refractivity contribution in [3.8, 4) is 11.5 Å². The second-order valence-electron chi connectivity index (χ2n) is 7.19. The van der Waals surface area contributed by atoms with E-state index < -0.39 is 0 Å². The predicted octanol–water partition coefficient (Wildman–Crippen LogP) is 4.39. The molecule has 0 saturated carbocycles. The topological polar surface area (TPSA) is 80.8 Å². The van der Waals surface area contributed by atoms with Crippen LogP contribution in [0.3, 0.4) is 0 Å². The standard InChI is InChI=1S/C21H26ClN3O4S/c1-4-9-29-18-16(22)10-15(11-17(18)28-3)20(27)25-7-5-14(6-8-25)19(26)24-21-23-13(2)12-30-21/h10-12,14H,4-9H2,1-3H3,(H,23,24,26). The van der Waals surface area contributed by atoms with E-state index in [1.54, 1.807) is 17.0 Å². The Kier molecular flexibility index (Phi) is 7.55.